The van der Waals surface area contributed by atoms with Crippen molar-refractivity contribution in [2.75, 3.05) is 5.32 Å². The van der Waals surface area contributed by atoms with Crippen molar-refractivity contribution >= 4 is 22.9 Å². The van der Waals surface area contributed by atoms with Crippen LogP contribution in [0.4, 0.5) is 14.5 Å². The summed E-state index contributed by atoms with van der Waals surface area (Å²) in [6.07, 6.45) is 3.19. The van der Waals surface area contributed by atoms with Gasteiger partial charge in [-0.3, -0.25) is 4.98 Å². The maximum absolute atomic E-state index is 12.9. The monoisotopic (exact) mass is 250 g/mol. The molecular weight excluding hydrogens is 242 g/mol. The highest BCUT2D eigenvalue weighted by Crippen LogP contribution is 2.14. The molecule has 17 heavy (non-hydrogen) atoms. The molecule has 2 rings (SSSR count). The third kappa shape index (κ3) is 3.04. The molecule has 1 aromatic heterocycles. The fraction of sp³-hybridized carbons (Fsp3) is 0. The van der Waals surface area contributed by atoms with E-state index >= 15 is 0 Å². The molecule has 0 bridgehead atoms. The number of nitrogens with zero attached hydrogens (tertiary/aromatic N) is 1. The molecule has 0 atom stereocenters. The second kappa shape index (κ2) is 4.97. The SMILES string of the molecule is Fc1cc(F)cc(NC(=S)c2ccncc2)c1. The fourth-order valence-corrected chi connectivity index (χ4v) is 1.59. The zero-order chi connectivity index (χ0) is 12.3. The molecular formula is C12H8F2N2S. The molecule has 0 unspecified atom stereocenters. The fourth-order valence-electron chi connectivity index (χ4n) is 1.33. The van der Waals surface area contributed by atoms with Gasteiger partial charge in [-0.05, 0) is 24.3 Å². The summed E-state index contributed by atoms with van der Waals surface area (Å²) in [6, 6.07) is 6.59. The summed E-state index contributed by atoms with van der Waals surface area (Å²) in [7, 11) is 0. The van der Waals surface area contributed by atoms with Gasteiger partial charge in [0, 0.05) is 29.7 Å². The van der Waals surface area contributed by atoms with Gasteiger partial charge in [-0.25, -0.2) is 8.78 Å². The Labute approximate surface area is 102 Å². The smallest absolute Gasteiger partial charge is 0.128 e. The molecule has 2 nitrogen and oxygen atoms in total. The molecule has 0 saturated heterocycles. The van der Waals surface area contributed by atoms with Crippen molar-refractivity contribution in [2.45, 2.75) is 0 Å². The van der Waals surface area contributed by atoms with Crippen LogP contribution < -0.4 is 5.32 Å². The first kappa shape index (κ1) is 11.6. The molecule has 0 spiro atoms. The lowest BCUT2D eigenvalue weighted by Crippen LogP contribution is -2.10. The van der Waals surface area contributed by atoms with Crippen LogP contribution in [0.2, 0.25) is 0 Å². The topological polar surface area (TPSA) is 24.9 Å². The minimum atomic E-state index is -0.648. The molecule has 0 aliphatic carbocycles. The lowest BCUT2D eigenvalue weighted by atomic mass is 10.2. The van der Waals surface area contributed by atoms with Gasteiger partial charge in [0.2, 0.25) is 0 Å². The third-order valence-corrected chi connectivity index (χ3v) is 2.40. The van der Waals surface area contributed by atoms with Crippen molar-refractivity contribution in [1.29, 1.82) is 0 Å². The number of hydrogen-bond acceptors (Lipinski definition) is 2. The summed E-state index contributed by atoms with van der Waals surface area (Å²) in [5.74, 6) is -1.30. The van der Waals surface area contributed by atoms with E-state index in [-0.39, 0.29) is 5.69 Å². The number of anilines is 1. The Morgan fingerprint density at radius 3 is 2.24 bits per heavy atom. The number of nitrogens with one attached hydrogen (secondary N) is 1. The highest BCUT2D eigenvalue weighted by Gasteiger charge is 2.04. The minimum Gasteiger partial charge on any atom is -0.346 e. The molecule has 0 aliphatic rings. The summed E-state index contributed by atoms with van der Waals surface area (Å²) in [5, 5.41) is 2.76. The molecule has 86 valence electrons. The van der Waals surface area contributed by atoms with E-state index in [4.69, 9.17) is 12.2 Å². The van der Waals surface area contributed by atoms with Crippen molar-refractivity contribution in [1.82, 2.24) is 4.98 Å². The normalized spacial score (nSPS) is 10.0. The number of halogens is 2. The maximum Gasteiger partial charge on any atom is 0.128 e. The molecule has 2 aromatic rings. The van der Waals surface area contributed by atoms with Gasteiger partial charge in [0.25, 0.3) is 0 Å². The summed E-state index contributed by atoms with van der Waals surface area (Å²) in [6.45, 7) is 0. The van der Waals surface area contributed by atoms with Crippen LogP contribution in [0.5, 0.6) is 0 Å². The van der Waals surface area contributed by atoms with E-state index in [1.54, 1.807) is 24.5 Å². The lowest BCUT2D eigenvalue weighted by Gasteiger charge is -2.07. The number of aromatic nitrogens is 1. The van der Waals surface area contributed by atoms with Gasteiger partial charge >= 0.3 is 0 Å². The van der Waals surface area contributed by atoms with Gasteiger partial charge in [-0.2, -0.15) is 0 Å². The quantitative estimate of drug-likeness (QED) is 0.829. The van der Waals surface area contributed by atoms with Crippen LogP contribution in [-0.4, -0.2) is 9.97 Å². The summed E-state index contributed by atoms with van der Waals surface area (Å²) >= 11 is 5.11. The molecule has 0 aliphatic heterocycles. The summed E-state index contributed by atoms with van der Waals surface area (Å²) in [5.41, 5.74) is 1.02. The Morgan fingerprint density at radius 2 is 1.65 bits per heavy atom. The van der Waals surface area contributed by atoms with Crippen LogP contribution in [0, 0.1) is 11.6 Å². The van der Waals surface area contributed by atoms with Gasteiger partial charge in [-0.15, -0.1) is 0 Å². The Kier molecular flexibility index (Phi) is 3.39. The average Bonchev–Trinajstić information content (AvgIpc) is 2.28. The van der Waals surface area contributed by atoms with E-state index in [2.05, 4.69) is 10.3 Å². The highest BCUT2D eigenvalue weighted by molar-refractivity contribution is 7.81. The van der Waals surface area contributed by atoms with Gasteiger partial charge < -0.3 is 5.32 Å². The Bertz CT molecular complexity index is 523. The van der Waals surface area contributed by atoms with Crippen molar-refractivity contribution in [3.05, 3.63) is 59.9 Å². The molecule has 0 fully saturated rings. The highest BCUT2D eigenvalue weighted by atomic mass is 32.1. The minimum absolute atomic E-state index is 0.282. The largest absolute Gasteiger partial charge is 0.346 e. The zero-order valence-corrected chi connectivity index (χ0v) is 9.47. The Balaban J connectivity index is 2.19. The Hall–Kier alpha value is -1.88. The van der Waals surface area contributed by atoms with E-state index in [0.717, 1.165) is 11.6 Å². The first-order valence-electron chi connectivity index (χ1n) is 4.82. The van der Waals surface area contributed by atoms with Crippen LogP contribution in [-0.2, 0) is 0 Å². The standard InChI is InChI=1S/C12H8F2N2S/c13-9-5-10(14)7-11(6-9)16-12(17)8-1-3-15-4-2-8/h1-7H,(H,16,17). The second-order valence-electron chi connectivity index (χ2n) is 3.35. The second-order valence-corrected chi connectivity index (χ2v) is 3.76. The van der Waals surface area contributed by atoms with E-state index in [9.17, 15) is 8.78 Å². The molecule has 0 amide bonds. The van der Waals surface area contributed by atoms with Crippen molar-refractivity contribution in [2.24, 2.45) is 0 Å². The van der Waals surface area contributed by atoms with Gasteiger partial charge in [-0.1, -0.05) is 12.2 Å². The predicted octanol–water partition coefficient (Wildman–Crippen LogP) is 3.15. The van der Waals surface area contributed by atoms with E-state index in [0.29, 0.717) is 4.99 Å². The first-order chi connectivity index (χ1) is 8.15. The van der Waals surface area contributed by atoms with Crippen LogP contribution in [0.15, 0.2) is 42.7 Å². The zero-order valence-electron chi connectivity index (χ0n) is 8.65. The van der Waals surface area contributed by atoms with E-state index < -0.39 is 11.6 Å². The number of thiocarbonyl (C=S) groups is 1. The maximum atomic E-state index is 12.9. The molecule has 1 aromatic carbocycles. The molecule has 1 N–H and O–H groups in total. The number of hydrogen-bond donors (Lipinski definition) is 1. The Morgan fingerprint density at radius 1 is 1.06 bits per heavy atom. The average molecular weight is 250 g/mol. The van der Waals surface area contributed by atoms with Crippen molar-refractivity contribution < 1.29 is 8.78 Å². The molecule has 1 heterocycles. The van der Waals surface area contributed by atoms with Crippen molar-refractivity contribution in [3.8, 4) is 0 Å². The molecule has 0 radical (unpaired) electrons. The number of benzene rings is 1. The van der Waals surface area contributed by atoms with Gasteiger partial charge in [0.15, 0.2) is 0 Å². The predicted molar refractivity (Wildman–Crippen MR) is 65.9 cm³/mol. The van der Waals surface area contributed by atoms with Gasteiger partial charge in [0.1, 0.15) is 16.6 Å². The lowest BCUT2D eigenvalue weighted by molar-refractivity contribution is 0.584. The summed E-state index contributed by atoms with van der Waals surface area (Å²) in [4.78, 5) is 4.24. The van der Waals surface area contributed by atoms with Crippen LogP contribution in [0.1, 0.15) is 5.56 Å². The van der Waals surface area contributed by atoms with Crippen LogP contribution in [0.25, 0.3) is 0 Å². The van der Waals surface area contributed by atoms with E-state index in [1.807, 2.05) is 0 Å². The number of rotatable bonds is 2. The molecule has 5 heteroatoms. The molecule has 0 saturated carbocycles. The summed E-state index contributed by atoms with van der Waals surface area (Å²) < 4.78 is 25.9. The van der Waals surface area contributed by atoms with E-state index in [1.165, 1.54) is 12.1 Å². The van der Waals surface area contributed by atoms with Crippen molar-refractivity contribution in [3.63, 3.8) is 0 Å². The van der Waals surface area contributed by atoms with Crippen LogP contribution in [0.3, 0.4) is 0 Å². The third-order valence-electron chi connectivity index (χ3n) is 2.06. The first-order valence-corrected chi connectivity index (χ1v) is 5.23. The van der Waals surface area contributed by atoms with Crippen LogP contribution >= 0.6 is 12.2 Å². The van der Waals surface area contributed by atoms with Gasteiger partial charge in [0.05, 0.1) is 0 Å². The number of pyridine rings is 1.